The van der Waals surface area contributed by atoms with Crippen LogP contribution in [0.25, 0.3) is 5.52 Å². The molecule has 0 spiro atoms. The van der Waals surface area contributed by atoms with E-state index in [1.54, 1.807) is 0 Å². The molecule has 0 saturated carbocycles. The molecule has 0 aliphatic carbocycles. The Labute approximate surface area is 65.7 Å². The second-order valence-electron chi connectivity index (χ2n) is 2.87. The summed E-state index contributed by atoms with van der Waals surface area (Å²) in [5.74, 6) is 0. The average molecular weight is 147 g/mol. The molecular formula is C9H11N2+. The molecule has 0 aromatic carbocycles. The monoisotopic (exact) mass is 147 g/mol. The summed E-state index contributed by atoms with van der Waals surface area (Å²) in [4.78, 5) is 0. The molecule has 0 N–H and O–H groups in total. The molecule has 0 unspecified atom stereocenters. The largest absolute Gasteiger partial charge is 0.248 e. The highest BCUT2D eigenvalue weighted by molar-refractivity contribution is 5.43. The number of rotatable bonds is 0. The Morgan fingerprint density at radius 1 is 1.36 bits per heavy atom. The van der Waals surface area contributed by atoms with E-state index in [9.17, 15) is 0 Å². The molecular weight excluding hydrogens is 136 g/mol. The Morgan fingerprint density at radius 2 is 2.18 bits per heavy atom. The molecule has 2 aromatic heterocycles. The number of nitrogens with zero attached hydrogens (tertiary/aromatic N) is 2. The van der Waals surface area contributed by atoms with E-state index in [1.807, 2.05) is 7.05 Å². The molecule has 2 nitrogen and oxygen atoms in total. The van der Waals surface area contributed by atoms with Gasteiger partial charge in [-0.2, -0.15) is 4.40 Å². The Balaban J connectivity index is 2.90. The zero-order chi connectivity index (χ0) is 7.84. The summed E-state index contributed by atoms with van der Waals surface area (Å²) in [5, 5.41) is 0. The maximum absolute atomic E-state index is 2.17. The molecule has 0 saturated heterocycles. The first-order valence-corrected chi connectivity index (χ1v) is 3.70. The van der Waals surface area contributed by atoms with Gasteiger partial charge in [-0.05, 0) is 19.1 Å². The van der Waals surface area contributed by atoms with Gasteiger partial charge in [0.05, 0.1) is 7.05 Å². The summed E-state index contributed by atoms with van der Waals surface area (Å²) in [5.41, 5.74) is 2.51. The van der Waals surface area contributed by atoms with Crippen LogP contribution in [0.2, 0.25) is 0 Å². The number of imidazole rings is 1. The van der Waals surface area contributed by atoms with Gasteiger partial charge in [0.25, 0.3) is 0 Å². The molecule has 0 bridgehead atoms. The molecule has 2 rings (SSSR count). The van der Waals surface area contributed by atoms with Gasteiger partial charge >= 0.3 is 0 Å². The molecule has 2 heterocycles. The van der Waals surface area contributed by atoms with Gasteiger partial charge < -0.3 is 0 Å². The van der Waals surface area contributed by atoms with E-state index < -0.39 is 0 Å². The van der Waals surface area contributed by atoms with Crippen molar-refractivity contribution in [1.29, 1.82) is 0 Å². The molecule has 0 fully saturated rings. The smallest absolute Gasteiger partial charge is 0.239 e. The number of hydrogen-bond acceptors (Lipinski definition) is 0. The van der Waals surface area contributed by atoms with Gasteiger partial charge in [-0.3, -0.25) is 0 Å². The van der Waals surface area contributed by atoms with Crippen LogP contribution in [-0.2, 0) is 7.05 Å². The van der Waals surface area contributed by atoms with Crippen molar-refractivity contribution in [2.24, 2.45) is 7.05 Å². The van der Waals surface area contributed by atoms with Crippen LogP contribution in [-0.4, -0.2) is 4.40 Å². The SMILES string of the molecule is Cc1cccc2c[n+](C)cn12. The minimum Gasteiger partial charge on any atom is -0.239 e. The first-order chi connectivity index (χ1) is 5.27. The van der Waals surface area contributed by atoms with Crippen molar-refractivity contribution in [1.82, 2.24) is 4.40 Å². The zero-order valence-electron chi connectivity index (χ0n) is 6.78. The van der Waals surface area contributed by atoms with Gasteiger partial charge in [-0.1, -0.05) is 6.07 Å². The van der Waals surface area contributed by atoms with Crippen molar-refractivity contribution in [3.63, 3.8) is 0 Å². The minimum absolute atomic E-state index is 1.24. The number of aryl methyl sites for hydroxylation is 2. The summed E-state index contributed by atoms with van der Waals surface area (Å²) < 4.78 is 4.22. The van der Waals surface area contributed by atoms with Gasteiger partial charge in [-0.25, -0.2) is 4.57 Å². The number of pyridine rings is 1. The van der Waals surface area contributed by atoms with E-state index in [0.717, 1.165) is 0 Å². The lowest BCUT2D eigenvalue weighted by Crippen LogP contribution is -2.23. The third-order valence-corrected chi connectivity index (χ3v) is 1.90. The highest BCUT2D eigenvalue weighted by Crippen LogP contribution is 2.03. The Kier molecular flexibility index (Phi) is 1.22. The van der Waals surface area contributed by atoms with E-state index in [-0.39, 0.29) is 0 Å². The Morgan fingerprint density at radius 3 is 2.91 bits per heavy atom. The van der Waals surface area contributed by atoms with E-state index >= 15 is 0 Å². The van der Waals surface area contributed by atoms with E-state index in [2.05, 4.69) is 46.6 Å². The van der Waals surface area contributed by atoms with Crippen molar-refractivity contribution in [3.05, 3.63) is 36.4 Å². The first-order valence-electron chi connectivity index (χ1n) is 3.70. The third-order valence-electron chi connectivity index (χ3n) is 1.90. The van der Waals surface area contributed by atoms with E-state index in [1.165, 1.54) is 11.2 Å². The second-order valence-corrected chi connectivity index (χ2v) is 2.87. The fraction of sp³-hybridized carbons (Fsp3) is 0.222. The molecule has 11 heavy (non-hydrogen) atoms. The number of hydrogen-bond donors (Lipinski definition) is 0. The molecule has 0 aliphatic rings. The lowest BCUT2D eigenvalue weighted by molar-refractivity contribution is -0.670. The van der Waals surface area contributed by atoms with Crippen LogP contribution in [0.4, 0.5) is 0 Å². The van der Waals surface area contributed by atoms with Crippen LogP contribution < -0.4 is 4.57 Å². The highest BCUT2D eigenvalue weighted by atomic mass is 15.1. The lowest BCUT2D eigenvalue weighted by Gasteiger charge is -1.88. The summed E-state index contributed by atoms with van der Waals surface area (Å²) in [6.45, 7) is 2.10. The predicted molar refractivity (Wildman–Crippen MR) is 43.3 cm³/mol. The molecule has 0 radical (unpaired) electrons. The first kappa shape index (κ1) is 6.40. The second kappa shape index (κ2) is 2.09. The molecule has 0 aliphatic heterocycles. The summed E-state index contributed by atoms with van der Waals surface area (Å²) in [6.07, 6.45) is 4.18. The Hall–Kier alpha value is -1.31. The molecule has 0 atom stereocenters. The maximum Gasteiger partial charge on any atom is 0.248 e. The number of fused-ring (bicyclic) bond motifs is 1. The normalized spacial score (nSPS) is 10.7. The van der Waals surface area contributed by atoms with Gasteiger partial charge in [0.2, 0.25) is 6.33 Å². The van der Waals surface area contributed by atoms with E-state index in [0.29, 0.717) is 0 Å². The van der Waals surface area contributed by atoms with Crippen LogP contribution in [0.1, 0.15) is 5.69 Å². The Bertz CT molecular complexity index is 387. The fourth-order valence-corrected chi connectivity index (χ4v) is 1.34. The third kappa shape index (κ3) is 0.909. The van der Waals surface area contributed by atoms with Crippen LogP contribution >= 0.6 is 0 Å². The topological polar surface area (TPSA) is 8.29 Å². The fourth-order valence-electron chi connectivity index (χ4n) is 1.34. The van der Waals surface area contributed by atoms with Crippen molar-refractivity contribution < 1.29 is 4.57 Å². The maximum atomic E-state index is 2.17. The molecule has 2 aromatic rings. The van der Waals surface area contributed by atoms with E-state index in [4.69, 9.17) is 0 Å². The van der Waals surface area contributed by atoms with Gasteiger partial charge in [-0.15, -0.1) is 0 Å². The molecule has 0 amide bonds. The summed E-state index contributed by atoms with van der Waals surface area (Å²) >= 11 is 0. The predicted octanol–water partition coefficient (Wildman–Crippen LogP) is 1.07. The lowest BCUT2D eigenvalue weighted by atomic mass is 10.3. The standard InChI is InChI=1S/C9H11N2/c1-8-4-3-5-9-6-10(2)7-11(8)9/h3-7H,1-2H3/q+1. The quantitative estimate of drug-likeness (QED) is 0.493. The van der Waals surface area contributed by atoms with Crippen molar-refractivity contribution in [2.45, 2.75) is 6.92 Å². The van der Waals surface area contributed by atoms with Gasteiger partial charge in [0.15, 0.2) is 5.52 Å². The summed E-state index contributed by atoms with van der Waals surface area (Å²) in [7, 11) is 2.03. The zero-order valence-corrected chi connectivity index (χ0v) is 6.78. The number of aromatic nitrogens is 2. The van der Waals surface area contributed by atoms with Crippen molar-refractivity contribution in [3.8, 4) is 0 Å². The van der Waals surface area contributed by atoms with Gasteiger partial charge in [0.1, 0.15) is 11.9 Å². The van der Waals surface area contributed by atoms with Crippen LogP contribution in [0.15, 0.2) is 30.7 Å². The molecule has 2 heteroatoms. The van der Waals surface area contributed by atoms with Crippen molar-refractivity contribution >= 4 is 5.52 Å². The van der Waals surface area contributed by atoms with Gasteiger partial charge in [0, 0.05) is 0 Å². The van der Waals surface area contributed by atoms with Crippen LogP contribution in [0.3, 0.4) is 0 Å². The molecule has 56 valence electrons. The van der Waals surface area contributed by atoms with Crippen LogP contribution in [0, 0.1) is 6.92 Å². The van der Waals surface area contributed by atoms with Crippen LogP contribution in [0.5, 0.6) is 0 Å². The highest BCUT2D eigenvalue weighted by Gasteiger charge is 2.03. The minimum atomic E-state index is 1.24. The van der Waals surface area contributed by atoms with Crippen molar-refractivity contribution in [2.75, 3.05) is 0 Å². The summed E-state index contributed by atoms with van der Waals surface area (Å²) in [6, 6.07) is 6.28. The average Bonchev–Trinajstić information content (AvgIpc) is 2.31.